The largest absolute Gasteiger partial charge is 0.295 e. The summed E-state index contributed by atoms with van der Waals surface area (Å²) in [7, 11) is 0. The average Bonchev–Trinajstić information content (AvgIpc) is 2.64. The Balaban J connectivity index is 0.00000147. The van der Waals surface area contributed by atoms with Crippen LogP contribution in [0.25, 0.3) is 0 Å². The van der Waals surface area contributed by atoms with E-state index in [0.717, 1.165) is 4.90 Å². The predicted molar refractivity (Wildman–Crippen MR) is 70.4 cm³/mol. The van der Waals surface area contributed by atoms with E-state index in [4.69, 9.17) is 0 Å². The van der Waals surface area contributed by atoms with Crippen molar-refractivity contribution >= 4 is 36.0 Å². The van der Waals surface area contributed by atoms with E-state index in [1.807, 2.05) is 0 Å². The summed E-state index contributed by atoms with van der Waals surface area (Å²) in [4.78, 5) is 48.1. The molecule has 2 heterocycles. The summed E-state index contributed by atoms with van der Waals surface area (Å²) in [5.74, 6) is -1.92. The molecule has 20 heavy (non-hydrogen) atoms. The Morgan fingerprint density at radius 1 is 1.00 bits per heavy atom. The number of hydrogen-bond donors (Lipinski definition) is 1. The lowest BCUT2D eigenvalue weighted by atomic mass is 10.0. The zero-order valence-corrected chi connectivity index (χ0v) is 11.1. The second-order valence-electron chi connectivity index (χ2n) is 4.49. The highest BCUT2D eigenvalue weighted by Crippen LogP contribution is 2.26. The molecule has 1 aromatic carbocycles. The van der Waals surface area contributed by atoms with E-state index in [1.54, 1.807) is 24.3 Å². The number of nitrogens with zero attached hydrogens (tertiary/aromatic N) is 1. The number of carbonyl (C=O) groups excluding carboxylic acids is 4. The van der Waals surface area contributed by atoms with Gasteiger partial charge in [-0.2, -0.15) is 0 Å². The summed E-state index contributed by atoms with van der Waals surface area (Å²) < 4.78 is 0. The van der Waals surface area contributed by atoms with Gasteiger partial charge < -0.3 is 0 Å². The van der Waals surface area contributed by atoms with Gasteiger partial charge in [-0.25, -0.2) is 0 Å². The van der Waals surface area contributed by atoms with Crippen LogP contribution in [0.2, 0.25) is 0 Å². The van der Waals surface area contributed by atoms with Gasteiger partial charge in [0.25, 0.3) is 11.8 Å². The molecular formula is C13H11ClN2O4. The lowest BCUT2D eigenvalue weighted by Crippen LogP contribution is -2.54. The number of carbonyl (C=O) groups is 4. The number of piperidine rings is 1. The van der Waals surface area contributed by atoms with Crippen molar-refractivity contribution in [3.8, 4) is 0 Å². The standard InChI is InChI=1S/C13H10N2O4.ClH/c16-10-6-5-9(11(17)14-10)15-12(18)7-3-1-2-4-8(7)13(15)19;/h1-4,9H,5-6H2,(H,14,16,17);1H. The van der Waals surface area contributed by atoms with Gasteiger partial charge in [0.2, 0.25) is 11.8 Å². The van der Waals surface area contributed by atoms with Gasteiger partial charge in [-0.3, -0.25) is 29.4 Å². The Bertz CT molecular complexity index is 594. The van der Waals surface area contributed by atoms with Crippen molar-refractivity contribution in [3.63, 3.8) is 0 Å². The fourth-order valence-corrected chi connectivity index (χ4v) is 2.42. The first kappa shape index (κ1) is 14.2. The Labute approximate surface area is 120 Å². The molecule has 6 nitrogen and oxygen atoms in total. The number of hydrogen-bond acceptors (Lipinski definition) is 4. The van der Waals surface area contributed by atoms with E-state index >= 15 is 0 Å². The van der Waals surface area contributed by atoms with E-state index in [9.17, 15) is 19.2 Å². The van der Waals surface area contributed by atoms with Crippen molar-refractivity contribution in [1.29, 1.82) is 0 Å². The van der Waals surface area contributed by atoms with Crippen LogP contribution in [0.15, 0.2) is 24.3 Å². The zero-order valence-electron chi connectivity index (χ0n) is 10.3. The van der Waals surface area contributed by atoms with Gasteiger partial charge in [-0.05, 0) is 18.6 Å². The normalized spacial score (nSPS) is 21.4. The van der Waals surface area contributed by atoms with Crippen LogP contribution in [-0.4, -0.2) is 34.6 Å². The van der Waals surface area contributed by atoms with Crippen LogP contribution in [0.5, 0.6) is 0 Å². The third kappa shape index (κ3) is 1.98. The van der Waals surface area contributed by atoms with Crippen LogP contribution in [0.3, 0.4) is 0 Å². The van der Waals surface area contributed by atoms with E-state index in [1.165, 1.54) is 0 Å². The molecule has 2 aliphatic heterocycles. The highest BCUT2D eigenvalue weighted by atomic mass is 35.5. The first-order valence-corrected chi connectivity index (χ1v) is 5.90. The maximum absolute atomic E-state index is 12.2. The molecule has 1 atom stereocenters. The molecule has 3 rings (SSSR count). The lowest BCUT2D eigenvalue weighted by Gasteiger charge is -2.27. The van der Waals surface area contributed by atoms with Gasteiger partial charge in [0.05, 0.1) is 11.1 Å². The highest BCUT2D eigenvalue weighted by molar-refractivity contribution is 6.23. The van der Waals surface area contributed by atoms with Crippen LogP contribution in [0.1, 0.15) is 33.6 Å². The maximum atomic E-state index is 12.2. The number of benzene rings is 1. The van der Waals surface area contributed by atoms with Crippen LogP contribution in [-0.2, 0) is 9.59 Å². The van der Waals surface area contributed by atoms with Crippen molar-refractivity contribution in [2.24, 2.45) is 0 Å². The topological polar surface area (TPSA) is 83.6 Å². The van der Waals surface area contributed by atoms with Gasteiger partial charge >= 0.3 is 0 Å². The molecule has 0 radical (unpaired) electrons. The Hall–Kier alpha value is -2.21. The SMILES string of the molecule is Cl.O=C1CCC(N2C(=O)c3ccccc3C2=O)C(=O)N1. The van der Waals surface area contributed by atoms with Gasteiger partial charge in [0, 0.05) is 6.42 Å². The molecule has 0 aromatic heterocycles. The number of halogens is 1. The Morgan fingerprint density at radius 2 is 1.55 bits per heavy atom. The number of imide groups is 2. The fraction of sp³-hybridized carbons (Fsp3) is 0.231. The third-order valence-corrected chi connectivity index (χ3v) is 3.35. The molecule has 0 saturated carbocycles. The summed E-state index contributed by atoms with van der Waals surface area (Å²) in [6.45, 7) is 0. The number of rotatable bonds is 1. The monoisotopic (exact) mass is 294 g/mol. The molecule has 1 saturated heterocycles. The van der Waals surface area contributed by atoms with Crippen LogP contribution >= 0.6 is 12.4 Å². The fourth-order valence-electron chi connectivity index (χ4n) is 2.42. The number of nitrogens with one attached hydrogen (secondary N) is 1. The third-order valence-electron chi connectivity index (χ3n) is 3.35. The van der Waals surface area contributed by atoms with Crippen molar-refractivity contribution in [1.82, 2.24) is 10.2 Å². The van der Waals surface area contributed by atoms with Gasteiger partial charge in [-0.1, -0.05) is 12.1 Å². The van der Waals surface area contributed by atoms with Crippen molar-refractivity contribution in [2.75, 3.05) is 0 Å². The van der Waals surface area contributed by atoms with Crippen molar-refractivity contribution < 1.29 is 19.2 Å². The van der Waals surface area contributed by atoms with Crippen molar-refractivity contribution in [2.45, 2.75) is 18.9 Å². The van der Waals surface area contributed by atoms with Gasteiger partial charge in [0.1, 0.15) is 6.04 Å². The molecule has 4 amide bonds. The van der Waals surface area contributed by atoms with Gasteiger partial charge in [0.15, 0.2) is 0 Å². The van der Waals surface area contributed by atoms with E-state index in [0.29, 0.717) is 11.1 Å². The Kier molecular flexibility index (Phi) is 3.59. The molecule has 0 bridgehead atoms. The van der Waals surface area contributed by atoms with E-state index in [-0.39, 0.29) is 31.2 Å². The minimum Gasteiger partial charge on any atom is -0.295 e. The number of fused-ring (bicyclic) bond motifs is 1. The second-order valence-corrected chi connectivity index (χ2v) is 4.49. The molecule has 1 fully saturated rings. The average molecular weight is 295 g/mol. The summed E-state index contributed by atoms with van der Waals surface area (Å²) in [5.41, 5.74) is 0.606. The first-order chi connectivity index (χ1) is 9.09. The minimum absolute atomic E-state index is 0. The van der Waals surface area contributed by atoms with Crippen LogP contribution in [0, 0.1) is 0 Å². The van der Waals surface area contributed by atoms with E-state index < -0.39 is 23.8 Å². The molecule has 104 valence electrons. The molecule has 0 spiro atoms. The lowest BCUT2D eigenvalue weighted by molar-refractivity contribution is -0.136. The summed E-state index contributed by atoms with van der Waals surface area (Å²) in [5, 5.41) is 2.15. The molecule has 1 N–H and O–H groups in total. The predicted octanol–water partition coefficient (Wildman–Crippen LogP) is 0.510. The smallest absolute Gasteiger partial charge is 0.262 e. The second kappa shape index (κ2) is 5.05. The molecule has 2 aliphatic rings. The Morgan fingerprint density at radius 3 is 2.05 bits per heavy atom. The summed E-state index contributed by atoms with van der Waals surface area (Å²) in [6.07, 6.45) is 0.306. The first-order valence-electron chi connectivity index (χ1n) is 5.90. The molecule has 0 aliphatic carbocycles. The number of amides is 4. The molecule has 1 aromatic rings. The summed E-state index contributed by atoms with van der Waals surface area (Å²) >= 11 is 0. The molecule has 1 unspecified atom stereocenters. The zero-order chi connectivity index (χ0) is 13.6. The van der Waals surface area contributed by atoms with Crippen molar-refractivity contribution in [3.05, 3.63) is 35.4 Å². The molecule has 7 heteroatoms. The summed E-state index contributed by atoms with van der Waals surface area (Å²) in [6, 6.07) is 5.55. The van der Waals surface area contributed by atoms with Crippen LogP contribution in [0.4, 0.5) is 0 Å². The van der Waals surface area contributed by atoms with Gasteiger partial charge in [-0.15, -0.1) is 12.4 Å². The quantitative estimate of drug-likeness (QED) is 0.765. The van der Waals surface area contributed by atoms with Crippen LogP contribution < -0.4 is 5.32 Å². The van der Waals surface area contributed by atoms with E-state index in [2.05, 4.69) is 5.32 Å². The maximum Gasteiger partial charge on any atom is 0.262 e. The molecular weight excluding hydrogens is 284 g/mol. The minimum atomic E-state index is -0.898. The highest BCUT2D eigenvalue weighted by Gasteiger charge is 2.44.